The van der Waals surface area contributed by atoms with Crippen molar-refractivity contribution in [3.8, 4) is 0 Å². The van der Waals surface area contributed by atoms with Crippen molar-refractivity contribution in [3.05, 3.63) is 230 Å². The summed E-state index contributed by atoms with van der Waals surface area (Å²) in [6, 6.07) is 24.4. The largest absolute Gasteiger partial charge is 0.390 e. The molecule has 10 aliphatic heterocycles. The fourth-order valence-electron chi connectivity index (χ4n) is 16.1. The molecule has 31 heteroatoms. The second-order valence-electron chi connectivity index (χ2n) is 32.9. The quantitative estimate of drug-likeness (QED) is 0.0311. The summed E-state index contributed by atoms with van der Waals surface area (Å²) in [6.45, 7) is 29.0. The summed E-state index contributed by atoms with van der Waals surface area (Å²) in [6.07, 6.45) is 20.9. The van der Waals surface area contributed by atoms with E-state index in [-0.39, 0.29) is 90.2 Å². The smallest absolute Gasteiger partial charge is 0.262 e. The van der Waals surface area contributed by atoms with Gasteiger partial charge in [-0.1, -0.05) is 129 Å². The first-order valence-electron chi connectivity index (χ1n) is 42.4. The van der Waals surface area contributed by atoms with Crippen molar-refractivity contribution < 1.29 is 88.4 Å². The number of benzene rings is 4. The number of hydrogen-bond donors (Lipinski definition) is 10. The average molecular weight is 1740 g/mol. The SMILES string of the molecule is C=CC(O)C=C.C=CC([C@@H]1CO1)N1C(=O)c2ccccc2C1=O.C=CCN(C)C[C@H](O)[C@H](C=C)N1C(=O)c2ccccc2C1=O.C=C[C@H](O)[C@H]1CO1.CN1CC=C[C@H](N2C(=O)c3ccccc3C2=O)[C@@H](O)C1.CN1CCC[C@H](N)[C@@H](O)C1.CN1CCC[C@H](N2C(=O)c3ccccc3C2=O)[C@@H](O)C1.CN1CCC[C@H](NC(=O)[C@@H](N)CC2CCCCC2)[C@@H](O)C1.Cl. The van der Waals surface area contributed by atoms with Gasteiger partial charge in [0.2, 0.25) is 5.91 Å². The van der Waals surface area contributed by atoms with Crippen molar-refractivity contribution in [2.45, 2.75) is 174 Å². The number of ether oxygens (including phenoxy) is 2. The number of carbonyl (C=O) groups excluding carboxylic acids is 9. The van der Waals surface area contributed by atoms with Crippen LogP contribution in [0.25, 0.3) is 0 Å². The first kappa shape index (κ1) is 102. The number of epoxide rings is 2. The zero-order valence-electron chi connectivity index (χ0n) is 72.1. The topological polar surface area (TPSA) is 414 Å². The van der Waals surface area contributed by atoms with Gasteiger partial charge < -0.3 is 86.5 Å². The van der Waals surface area contributed by atoms with Crippen LogP contribution in [0, 0.1) is 5.92 Å². The molecule has 1 unspecified atom stereocenters. The number of nitrogens with two attached hydrogens (primary N) is 2. The van der Waals surface area contributed by atoms with Crippen LogP contribution in [0.1, 0.15) is 160 Å². The number of halogens is 1. The maximum Gasteiger partial charge on any atom is 0.262 e. The van der Waals surface area contributed by atoms with Crippen LogP contribution in [0.3, 0.4) is 0 Å². The number of amides is 9. The fraction of sp³-hybridized carbons (Fsp3) is 0.495. The third kappa shape index (κ3) is 27.6. The highest BCUT2D eigenvalue weighted by atomic mass is 35.5. The lowest BCUT2D eigenvalue weighted by atomic mass is 9.85. The minimum absolute atomic E-state index is 0. The number of nitrogens with zero attached hydrogens (tertiary/aromatic N) is 9. The van der Waals surface area contributed by atoms with Gasteiger partial charge in [0.15, 0.2) is 0 Å². The van der Waals surface area contributed by atoms with E-state index in [9.17, 15) is 68.7 Å². The molecule has 11 aliphatic rings. The van der Waals surface area contributed by atoms with E-state index in [0.29, 0.717) is 109 Å². The van der Waals surface area contributed by atoms with E-state index in [1.807, 2.05) is 56.0 Å². The van der Waals surface area contributed by atoms with E-state index in [4.69, 9.17) is 31.2 Å². The normalized spacial score (nSPS) is 25.4. The summed E-state index contributed by atoms with van der Waals surface area (Å²) in [4.78, 5) is 126. The summed E-state index contributed by atoms with van der Waals surface area (Å²) in [5, 5.41) is 70.6. The van der Waals surface area contributed by atoms with Crippen molar-refractivity contribution in [3.63, 3.8) is 0 Å². The Morgan fingerprint density at radius 2 is 0.935 bits per heavy atom. The summed E-state index contributed by atoms with van der Waals surface area (Å²) in [5.74, 6) is -2.01. The number of β-amino-alcohol motifs (C(OH)–C–C–N with tert-alkyl or cyclic N) is 4. The number of aliphatic hydroxyl groups excluding tert-OH is 7. The zero-order valence-corrected chi connectivity index (χ0v) is 72.9. The van der Waals surface area contributed by atoms with Gasteiger partial charge in [0.05, 0.1) is 131 Å². The van der Waals surface area contributed by atoms with E-state index in [1.54, 1.807) is 115 Å². The van der Waals surface area contributed by atoms with E-state index < -0.39 is 72.6 Å². The Morgan fingerprint density at radius 1 is 0.516 bits per heavy atom. The number of nitrogens with one attached hydrogen (secondary N) is 1. The first-order chi connectivity index (χ1) is 58.8. The number of likely N-dealkylation sites (N-methyl/N-ethyl adjacent to an activating group) is 5. The molecule has 6 fully saturated rings. The highest BCUT2D eigenvalue weighted by molar-refractivity contribution is 6.24. The van der Waals surface area contributed by atoms with Crippen LogP contribution in [-0.4, -0.2) is 344 Å². The molecule has 124 heavy (non-hydrogen) atoms. The second kappa shape index (κ2) is 49.6. The predicted octanol–water partition coefficient (Wildman–Crippen LogP) is 5.13. The first-order valence-corrected chi connectivity index (χ1v) is 42.4. The Hall–Kier alpha value is -9.26. The van der Waals surface area contributed by atoms with E-state index in [1.165, 1.54) is 71.1 Å². The van der Waals surface area contributed by atoms with Gasteiger partial charge in [-0.2, -0.15) is 0 Å². The zero-order chi connectivity index (χ0) is 89.9. The Kier molecular flexibility index (Phi) is 40.7. The van der Waals surface area contributed by atoms with Gasteiger partial charge in [0, 0.05) is 51.9 Å². The molecule has 15 rings (SSSR count). The molecule has 10 heterocycles. The van der Waals surface area contributed by atoms with Crippen LogP contribution in [0.5, 0.6) is 0 Å². The van der Waals surface area contributed by atoms with Gasteiger partial charge in [-0.25, -0.2) is 0 Å². The van der Waals surface area contributed by atoms with Crippen LogP contribution < -0.4 is 16.8 Å². The molecular weight excluding hydrogens is 1610 g/mol. The molecular formula is C93H129ClN12O18. The molecule has 4 aromatic carbocycles. The molecule has 0 aromatic heterocycles. The molecule has 30 nitrogen and oxygen atoms in total. The van der Waals surface area contributed by atoms with Gasteiger partial charge in [0.1, 0.15) is 18.3 Å². The number of hydrogen-bond acceptors (Lipinski definition) is 25. The standard InChI is InChI=1S/C17H20N2O3.C16H31N3O2.C15H18N2O3.C15H16N2O3.C13H11NO3.C7H16N2O.C5H8O2.C5H8O.ClH/c1-4-10-18(3)11-15(20)14(5-2)19-16(21)12-8-6-7-9-13(12)17(19)22;1-19-9-5-8-14(15(20)11-19)18-16(21)13(17)10-12-6-3-2-4-7-12;2*1-16-8-4-7-12(13(18)9-16)17-14(19)10-5-2-3-6-11(10)15(17)20;1-2-10(11-7-17-11)14-12(15)8-5-3-4-6-9(8)13(14)16;1-9-4-2-3-6(8)7(10)5-9;1-2-4(6)5-3-7-5;1-3-5(6)4-2;/h4-9,14-15,20H,1-2,10-11H2,3H3;12-15,20H,2-11,17H2,1H3,(H,18,21);2-3,5-6,12-13,18H,4,7-9H2,1H3;2-7,12-13,18H,8-9H2,1H3;2-6,10-11H,1,7H2;6-7,10H,2-5,8H2,1H3;2,4-6H,1,3H2;3-6H,1-2H2;1H/t14-,15-;13-,14-,15-;2*12-,13-;10?,11-;6-,7-;4-,5+;;/m0000000../s1. The molecule has 1 saturated carbocycles. The Labute approximate surface area is 734 Å². The fourth-order valence-corrected chi connectivity index (χ4v) is 16.1. The Bertz CT molecular complexity index is 4200. The summed E-state index contributed by atoms with van der Waals surface area (Å²) >= 11 is 0. The van der Waals surface area contributed by atoms with E-state index in [2.05, 4.69) is 54.6 Å². The molecule has 12 N–H and O–H groups in total. The molecule has 9 amide bonds. The van der Waals surface area contributed by atoms with Gasteiger partial charge >= 0.3 is 0 Å². The highest BCUT2D eigenvalue weighted by Crippen LogP contribution is 2.34. The van der Waals surface area contributed by atoms with Gasteiger partial charge in [-0.15, -0.1) is 51.9 Å². The van der Waals surface area contributed by atoms with Crippen molar-refractivity contribution in [1.82, 2.24) is 49.4 Å². The maximum absolute atomic E-state index is 12.4. The lowest BCUT2D eigenvalue weighted by Crippen LogP contribution is -2.51. The van der Waals surface area contributed by atoms with Crippen LogP contribution in [0.15, 0.2) is 185 Å². The van der Waals surface area contributed by atoms with Crippen molar-refractivity contribution in [2.24, 2.45) is 17.4 Å². The third-order valence-corrected chi connectivity index (χ3v) is 23.2. The lowest BCUT2D eigenvalue weighted by Gasteiger charge is -2.30. The van der Waals surface area contributed by atoms with Gasteiger partial charge in [-0.3, -0.25) is 62.8 Å². The van der Waals surface area contributed by atoms with E-state index in [0.717, 1.165) is 69.6 Å². The second-order valence-corrected chi connectivity index (χ2v) is 32.9. The van der Waals surface area contributed by atoms with Crippen LogP contribution in [0.4, 0.5) is 0 Å². The molecule has 15 atom stereocenters. The Morgan fingerprint density at radius 3 is 1.35 bits per heavy atom. The number of fused-ring (bicyclic) bond motifs is 4. The molecule has 0 radical (unpaired) electrons. The molecule has 4 aromatic rings. The summed E-state index contributed by atoms with van der Waals surface area (Å²) in [7, 11) is 9.67. The minimum Gasteiger partial charge on any atom is -0.390 e. The third-order valence-electron chi connectivity index (χ3n) is 23.2. The monoisotopic (exact) mass is 1740 g/mol. The molecule has 1 aliphatic carbocycles. The van der Waals surface area contributed by atoms with Crippen molar-refractivity contribution in [1.29, 1.82) is 0 Å². The predicted molar refractivity (Wildman–Crippen MR) is 476 cm³/mol. The Balaban J connectivity index is 0.000000200. The molecule has 676 valence electrons. The van der Waals surface area contributed by atoms with Gasteiger partial charge in [-0.05, 0) is 154 Å². The number of likely N-dealkylation sites (tertiary alicyclic amines) is 3. The number of rotatable bonds is 20. The van der Waals surface area contributed by atoms with Crippen molar-refractivity contribution in [2.75, 3.05) is 114 Å². The summed E-state index contributed by atoms with van der Waals surface area (Å²) < 4.78 is 9.89. The van der Waals surface area contributed by atoms with Crippen molar-refractivity contribution >= 4 is 65.6 Å². The average Bonchev–Trinajstić information content (AvgIpc) is 1.66. The number of carbonyl (C=O) groups is 9. The number of aliphatic hydroxyl groups is 7. The van der Waals surface area contributed by atoms with Crippen LogP contribution in [0.2, 0.25) is 0 Å². The number of imide groups is 4. The van der Waals surface area contributed by atoms with Gasteiger partial charge in [0.25, 0.3) is 47.3 Å². The molecule has 0 spiro atoms. The minimum atomic E-state index is -0.912. The molecule has 5 saturated heterocycles. The van der Waals surface area contributed by atoms with Crippen LogP contribution in [-0.2, 0) is 14.3 Å². The van der Waals surface area contributed by atoms with Crippen LogP contribution >= 0.6 is 12.4 Å². The van der Waals surface area contributed by atoms with E-state index >= 15 is 0 Å². The maximum atomic E-state index is 12.4. The highest BCUT2D eigenvalue weighted by Gasteiger charge is 2.48. The summed E-state index contributed by atoms with van der Waals surface area (Å²) in [5.41, 5.74) is 15.1. The lowest BCUT2D eigenvalue weighted by molar-refractivity contribution is -0.124. The molecule has 0 bridgehead atoms.